The normalized spacial score (nSPS) is 31.7. The number of hydrogen-bond acceptors (Lipinski definition) is 2. The second kappa shape index (κ2) is 8.36. The SMILES string of the molecule is CC1C2Cc3ccc(C(F)(F)F)cc3CN2C(=O)C12CCC(N1CCC(c3ccccc3)CC1)C2. The van der Waals surface area contributed by atoms with Crippen molar-refractivity contribution in [2.75, 3.05) is 13.1 Å². The molecule has 3 nitrogen and oxygen atoms in total. The third-order valence-electron chi connectivity index (χ3n) is 9.68. The fourth-order valence-electron chi connectivity index (χ4n) is 7.59. The molecule has 0 N–H and O–H groups in total. The Labute approximate surface area is 205 Å². The van der Waals surface area contributed by atoms with Crippen molar-refractivity contribution in [2.24, 2.45) is 11.3 Å². The van der Waals surface area contributed by atoms with Crippen LogP contribution in [-0.2, 0) is 23.9 Å². The molecule has 0 aromatic heterocycles. The number of alkyl halides is 3. The lowest BCUT2D eigenvalue weighted by Crippen LogP contribution is -2.42. The molecular formula is C29H33F3N2O. The molecule has 4 aliphatic rings. The number of halogens is 3. The standard InChI is InChI=1S/C29H33F3N2O/c1-19-26-16-22-7-8-24(29(30,31)32)15-23(22)18-34(26)27(35)28(19)12-9-25(17-28)33-13-10-21(11-14-33)20-5-3-2-4-6-20/h2-8,15,19,21,25-26H,9-14,16-18H2,1H3. The van der Waals surface area contributed by atoms with Crippen LogP contribution in [0.1, 0.15) is 67.2 Å². The van der Waals surface area contributed by atoms with Crippen LogP contribution in [0.5, 0.6) is 0 Å². The number of rotatable bonds is 2. The highest BCUT2D eigenvalue weighted by molar-refractivity contribution is 5.87. The summed E-state index contributed by atoms with van der Waals surface area (Å²) in [6.07, 6.45) is 1.44. The molecule has 0 bridgehead atoms. The van der Waals surface area contributed by atoms with Crippen molar-refractivity contribution in [1.29, 1.82) is 0 Å². The van der Waals surface area contributed by atoms with Crippen LogP contribution >= 0.6 is 0 Å². The highest BCUT2D eigenvalue weighted by Crippen LogP contribution is 2.55. The van der Waals surface area contributed by atoms with E-state index in [-0.39, 0.29) is 23.3 Å². The van der Waals surface area contributed by atoms with Gasteiger partial charge in [-0.3, -0.25) is 4.79 Å². The number of likely N-dealkylation sites (tertiary alicyclic amines) is 1. The van der Waals surface area contributed by atoms with Gasteiger partial charge in [0.2, 0.25) is 5.91 Å². The number of amides is 1. The van der Waals surface area contributed by atoms with Crippen LogP contribution in [0, 0.1) is 11.3 Å². The molecule has 4 atom stereocenters. The maximum absolute atomic E-state index is 13.8. The topological polar surface area (TPSA) is 23.6 Å². The zero-order valence-electron chi connectivity index (χ0n) is 20.2. The number of carbonyl (C=O) groups is 1. The summed E-state index contributed by atoms with van der Waals surface area (Å²) in [7, 11) is 0. The average Bonchev–Trinajstić information content (AvgIpc) is 3.40. The van der Waals surface area contributed by atoms with Crippen molar-refractivity contribution in [3.8, 4) is 0 Å². The summed E-state index contributed by atoms with van der Waals surface area (Å²) >= 11 is 0. The Bertz CT molecular complexity index is 1110. The van der Waals surface area contributed by atoms with Crippen LogP contribution in [0.2, 0.25) is 0 Å². The van der Waals surface area contributed by atoms with Gasteiger partial charge < -0.3 is 9.80 Å². The zero-order chi connectivity index (χ0) is 24.4. The molecule has 6 rings (SSSR count). The second-order valence-corrected chi connectivity index (χ2v) is 11.2. The lowest BCUT2D eigenvalue weighted by molar-refractivity contribution is -0.138. The molecule has 4 unspecified atom stereocenters. The first-order valence-corrected chi connectivity index (χ1v) is 13.1. The van der Waals surface area contributed by atoms with E-state index in [4.69, 9.17) is 0 Å². The van der Waals surface area contributed by atoms with Gasteiger partial charge in [0.1, 0.15) is 0 Å². The Morgan fingerprint density at radius 3 is 2.43 bits per heavy atom. The maximum atomic E-state index is 13.8. The Kier molecular flexibility index (Phi) is 5.51. The molecule has 3 fully saturated rings. The van der Waals surface area contributed by atoms with Crippen LogP contribution < -0.4 is 0 Å². The minimum Gasteiger partial charge on any atom is -0.334 e. The number of fused-ring (bicyclic) bond motifs is 2. The average molecular weight is 483 g/mol. The predicted octanol–water partition coefficient (Wildman–Crippen LogP) is 6.03. The number of carbonyl (C=O) groups excluding carboxylic acids is 1. The fraction of sp³-hybridized carbons (Fsp3) is 0.552. The largest absolute Gasteiger partial charge is 0.416 e. The monoisotopic (exact) mass is 482 g/mol. The van der Waals surface area contributed by atoms with Crippen LogP contribution in [0.3, 0.4) is 0 Å². The Morgan fingerprint density at radius 2 is 1.71 bits per heavy atom. The molecule has 3 heterocycles. The van der Waals surface area contributed by atoms with Crippen LogP contribution in [-0.4, -0.2) is 40.9 Å². The quantitative estimate of drug-likeness (QED) is 0.522. The van der Waals surface area contributed by atoms with Crippen molar-refractivity contribution >= 4 is 5.91 Å². The van der Waals surface area contributed by atoms with Gasteiger partial charge in [0.15, 0.2) is 0 Å². The van der Waals surface area contributed by atoms with Gasteiger partial charge in [0.05, 0.1) is 11.0 Å². The molecule has 2 aromatic rings. The number of benzene rings is 2. The molecule has 3 aliphatic heterocycles. The molecule has 35 heavy (non-hydrogen) atoms. The van der Waals surface area contributed by atoms with E-state index in [2.05, 4.69) is 42.2 Å². The minimum atomic E-state index is -4.36. The highest BCUT2D eigenvalue weighted by atomic mass is 19.4. The summed E-state index contributed by atoms with van der Waals surface area (Å²) in [6, 6.07) is 15.4. The number of hydrogen-bond donors (Lipinski definition) is 0. The summed E-state index contributed by atoms with van der Waals surface area (Å²) in [6.45, 7) is 4.66. The molecule has 1 saturated carbocycles. The molecule has 6 heteroatoms. The lowest BCUT2D eigenvalue weighted by atomic mass is 9.73. The van der Waals surface area contributed by atoms with E-state index in [0.29, 0.717) is 30.5 Å². The van der Waals surface area contributed by atoms with E-state index in [0.717, 1.165) is 50.8 Å². The smallest absolute Gasteiger partial charge is 0.334 e. The molecule has 1 aliphatic carbocycles. The second-order valence-electron chi connectivity index (χ2n) is 11.2. The molecule has 1 spiro atoms. The van der Waals surface area contributed by atoms with Crippen LogP contribution in [0.25, 0.3) is 0 Å². The van der Waals surface area contributed by atoms with E-state index in [9.17, 15) is 18.0 Å². The molecule has 0 radical (unpaired) electrons. The molecule has 1 amide bonds. The summed E-state index contributed by atoms with van der Waals surface area (Å²) in [5, 5.41) is 0. The van der Waals surface area contributed by atoms with Crippen LogP contribution in [0.4, 0.5) is 13.2 Å². The highest BCUT2D eigenvalue weighted by Gasteiger charge is 2.60. The van der Waals surface area contributed by atoms with Gasteiger partial charge in [0.25, 0.3) is 0 Å². The summed E-state index contributed by atoms with van der Waals surface area (Å²) < 4.78 is 39.8. The molecule has 2 aromatic carbocycles. The van der Waals surface area contributed by atoms with E-state index >= 15 is 0 Å². The van der Waals surface area contributed by atoms with Crippen molar-refractivity contribution in [3.63, 3.8) is 0 Å². The van der Waals surface area contributed by atoms with E-state index in [1.807, 2.05) is 4.90 Å². The van der Waals surface area contributed by atoms with Gasteiger partial charge in [-0.2, -0.15) is 13.2 Å². The van der Waals surface area contributed by atoms with Gasteiger partial charge >= 0.3 is 6.18 Å². The third-order valence-corrected chi connectivity index (χ3v) is 9.68. The van der Waals surface area contributed by atoms with E-state index < -0.39 is 11.7 Å². The van der Waals surface area contributed by atoms with Crippen molar-refractivity contribution in [1.82, 2.24) is 9.80 Å². The molecule has 2 saturated heterocycles. The Balaban J connectivity index is 1.16. The maximum Gasteiger partial charge on any atom is 0.416 e. The van der Waals surface area contributed by atoms with E-state index in [1.54, 1.807) is 6.07 Å². The number of piperidine rings is 1. The van der Waals surface area contributed by atoms with Gasteiger partial charge in [-0.05, 0) is 92.3 Å². The zero-order valence-corrected chi connectivity index (χ0v) is 20.2. The summed E-state index contributed by atoms with van der Waals surface area (Å²) in [5.41, 5.74) is 2.07. The van der Waals surface area contributed by atoms with Crippen molar-refractivity contribution < 1.29 is 18.0 Å². The minimum absolute atomic E-state index is 0.0919. The summed E-state index contributed by atoms with van der Waals surface area (Å²) in [4.78, 5) is 18.3. The van der Waals surface area contributed by atoms with Gasteiger partial charge in [-0.1, -0.05) is 43.3 Å². The van der Waals surface area contributed by atoms with Gasteiger partial charge in [-0.25, -0.2) is 0 Å². The molecular weight excluding hydrogens is 449 g/mol. The third kappa shape index (κ3) is 3.80. The first-order chi connectivity index (χ1) is 16.8. The van der Waals surface area contributed by atoms with Crippen molar-refractivity contribution in [3.05, 3.63) is 70.8 Å². The first-order valence-electron chi connectivity index (χ1n) is 13.1. The molecule has 186 valence electrons. The Morgan fingerprint density at radius 1 is 0.971 bits per heavy atom. The van der Waals surface area contributed by atoms with E-state index in [1.165, 1.54) is 17.7 Å². The van der Waals surface area contributed by atoms with Crippen LogP contribution in [0.15, 0.2) is 48.5 Å². The van der Waals surface area contributed by atoms with Gasteiger partial charge in [0, 0.05) is 18.6 Å². The van der Waals surface area contributed by atoms with Gasteiger partial charge in [-0.15, -0.1) is 0 Å². The fourth-order valence-corrected chi connectivity index (χ4v) is 7.59. The summed E-state index contributed by atoms with van der Waals surface area (Å²) in [5.74, 6) is 1.01. The number of nitrogens with zero attached hydrogens (tertiary/aromatic N) is 2. The Hall–Kier alpha value is -2.34. The predicted molar refractivity (Wildman–Crippen MR) is 129 cm³/mol. The lowest BCUT2D eigenvalue weighted by Gasteiger charge is -2.37. The van der Waals surface area contributed by atoms with Crippen molar-refractivity contribution in [2.45, 2.75) is 76.2 Å². The first kappa shape index (κ1) is 23.1.